The van der Waals surface area contributed by atoms with Gasteiger partial charge < -0.3 is 10.4 Å². The highest BCUT2D eigenvalue weighted by Crippen LogP contribution is 2.20. The summed E-state index contributed by atoms with van der Waals surface area (Å²) in [6.45, 7) is 6.01. The van der Waals surface area contributed by atoms with Crippen molar-refractivity contribution in [1.82, 2.24) is 5.32 Å². The summed E-state index contributed by atoms with van der Waals surface area (Å²) >= 11 is 1.52. The summed E-state index contributed by atoms with van der Waals surface area (Å²) in [5.74, 6) is -0.0764. The van der Waals surface area contributed by atoms with Gasteiger partial charge in [0.2, 0.25) is 0 Å². The van der Waals surface area contributed by atoms with Crippen molar-refractivity contribution in [3.63, 3.8) is 0 Å². The minimum Gasteiger partial charge on any atom is -0.394 e. The molecule has 0 unspecified atom stereocenters. The first-order valence-corrected chi connectivity index (χ1v) is 6.94. The number of thiophene rings is 1. The van der Waals surface area contributed by atoms with Crippen molar-refractivity contribution in [2.45, 2.75) is 45.6 Å². The Labute approximate surface area is 107 Å². The maximum Gasteiger partial charge on any atom is 0.261 e. The molecule has 4 heteroatoms. The molecule has 0 fully saturated rings. The molecule has 0 saturated carbocycles. The highest BCUT2D eigenvalue weighted by Gasteiger charge is 2.27. The molecular formula is C13H21NO2S. The zero-order valence-corrected chi connectivity index (χ0v) is 11.6. The Morgan fingerprint density at radius 2 is 2.00 bits per heavy atom. The van der Waals surface area contributed by atoms with Gasteiger partial charge in [-0.3, -0.25) is 4.79 Å². The highest BCUT2D eigenvalue weighted by atomic mass is 32.1. The van der Waals surface area contributed by atoms with Crippen molar-refractivity contribution in [2.75, 3.05) is 6.61 Å². The zero-order valence-electron chi connectivity index (χ0n) is 10.7. The largest absolute Gasteiger partial charge is 0.394 e. The quantitative estimate of drug-likeness (QED) is 0.821. The van der Waals surface area contributed by atoms with Gasteiger partial charge in [0.25, 0.3) is 5.91 Å². The third-order valence-corrected chi connectivity index (χ3v) is 4.50. The van der Waals surface area contributed by atoms with Crippen LogP contribution in [0.3, 0.4) is 0 Å². The summed E-state index contributed by atoms with van der Waals surface area (Å²) in [4.78, 5) is 14.0. The van der Waals surface area contributed by atoms with Crippen molar-refractivity contribution in [1.29, 1.82) is 0 Å². The number of nitrogens with one attached hydrogen (secondary N) is 1. The summed E-state index contributed by atoms with van der Waals surface area (Å²) in [5.41, 5.74) is -0.479. The lowest BCUT2D eigenvalue weighted by atomic mass is 9.94. The molecule has 0 aromatic carbocycles. The maximum absolute atomic E-state index is 12.1. The molecule has 0 aliphatic carbocycles. The van der Waals surface area contributed by atoms with Crippen molar-refractivity contribution in [3.8, 4) is 0 Å². The molecule has 1 aromatic rings. The average Bonchev–Trinajstić information content (AvgIpc) is 2.85. The topological polar surface area (TPSA) is 49.3 Å². The lowest BCUT2D eigenvalue weighted by Gasteiger charge is -2.30. The fourth-order valence-electron chi connectivity index (χ4n) is 1.68. The summed E-state index contributed by atoms with van der Waals surface area (Å²) in [7, 11) is 0. The number of aryl methyl sites for hydroxylation is 1. The Morgan fingerprint density at radius 3 is 2.41 bits per heavy atom. The number of aliphatic hydroxyl groups is 1. The number of rotatable bonds is 6. The smallest absolute Gasteiger partial charge is 0.261 e. The minimum absolute atomic E-state index is 0.0161. The predicted molar refractivity (Wildman–Crippen MR) is 71.6 cm³/mol. The van der Waals surface area contributed by atoms with Gasteiger partial charge in [0.05, 0.1) is 17.0 Å². The molecule has 1 amide bonds. The van der Waals surface area contributed by atoms with E-state index in [0.717, 1.165) is 24.1 Å². The first kappa shape index (κ1) is 14.2. The van der Waals surface area contributed by atoms with E-state index in [1.54, 1.807) is 0 Å². The van der Waals surface area contributed by atoms with Crippen LogP contribution in [0.2, 0.25) is 0 Å². The fraction of sp³-hybridized carbons (Fsp3) is 0.615. The Kier molecular flexibility index (Phi) is 5.15. The van der Waals surface area contributed by atoms with E-state index in [-0.39, 0.29) is 12.5 Å². The number of aliphatic hydroxyl groups excluding tert-OH is 1. The lowest BCUT2D eigenvalue weighted by Crippen LogP contribution is -2.50. The minimum atomic E-state index is -0.479. The Balaban J connectivity index is 2.77. The summed E-state index contributed by atoms with van der Waals surface area (Å²) < 4.78 is 0. The Bertz CT molecular complexity index is 361. The molecule has 0 radical (unpaired) electrons. The van der Waals surface area contributed by atoms with Crippen molar-refractivity contribution < 1.29 is 9.90 Å². The van der Waals surface area contributed by atoms with Crippen LogP contribution in [-0.4, -0.2) is 23.2 Å². The Hall–Kier alpha value is -0.870. The van der Waals surface area contributed by atoms with Gasteiger partial charge in [-0.2, -0.15) is 0 Å². The summed E-state index contributed by atoms with van der Waals surface area (Å²) in [6.07, 6.45) is 2.42. The molecule has 1 rings (SSSR count). The maximum atomic E-state index is 12.1. The van der Waals surface area contributed by atoms with Crippen molar-refractivity contribution in [2.24, 2.45) is 0 Å². The van der Waals surface area contributed by atoms with Gasteiger partial charge in [0.15, 0.2) is 0 Å². The van der Waals surface area contributed by atoms with Gasteiger partial charge in [0.1, 0.15) is 0 Å². The van der Waals surface area contributed by atoms with E-state index >= 15 is 0 Å². The molecule has 2 N–H and O–H groups in total. The molecule has 3 nitrogen and oxygen atoms in total. The van der Waals surface area contributed by atoms with Gasteiger partial charge >= 0.3 is 0 Å². The van der Waals surface area contributed by atoms with Gasteiger partial charge in [-0.05, 0) is 31.4 Å². The van der Waals surface area contributed by atoms with Crippen molar-refractivity contribution >= 4 is 17.2 Å². The monoisotopic (exact) mass is 255 g/mol. The molecule has 17 heavy (non-hydrogen) atoms. The molecule has 0 aliphatic heterocycles. The highest BCUT2D eigenvalue weighted by molar-refractivity contribution is 7.14. The van der Waals surface area contributed by atoms with E-state index in [0.29, 0.717) is 0 Å². The lowest BCUT2D eigenvalue weighted by molar-refractivity contribution is 0.0822. The second kappa shape index (κ2) is 6.17. The van der Waals surface area contributed by atoms with Crippen LogP contribution in [0.4, 0.5) is 0 Å². The van der Waals surface area contributed by atoms with Gasteiger partial charge in [-0.25, -0.2) is 0 Å². The van der Waals surface area contributed by atoms with Crippen LogP contribution in [0, 0.1) is 0 Å². The van der Waals surface area contributed by atoms with Gasteiger partial charge in [-0.1, -0.05) is 20.8 Å². The first-order valence-electron chi connectivity index (χ1n) is 6.12. The molecule has 1 heterocycles. The number of hydrogen-bond donors (Lipinski definition) is 2. The predicted octanol–water partition coefficient (Wildman–Crippen LogP) is 2.59. The van der Waals surface area contributed by atoms with E-state index in [2.05, 4.69) is 12.2 Å². The third-order valence-electron chi connectivity index (χ3n) is 3.27. The molecule has 1 aromatic heterocycles. The standard InChI is InChI=1S/C13H21NO2S/c1-4-10-7-8-11(17-10)12(16)14-13(5-2,6-3)9-15/h7-8,15H,4-6,9H2,1-3H3,(H,14,16). The first-order chi connectivity index (χ1) is 8.10. The molecule has 96 valence electrons. The summed E-state index contributed by atoms with van der Waals surface area (Å²) in [6, 6.07) is 3.84. The second-order valence-corrected chi connectivity index (χ2v) is 5.39. The average molecular weight is 255 g/mol. The second-order valence-electron chi connectivity index (χ2n) is 4.22. The molecule has 0 spiro atoms. The van der Waals surface area contributed by atoms with E-state index in [4.69, 9.17) is 0 Å². The normalized spacial score (nSPS) is 11.5. The molecule has 0 aliphatic rings. The molecule has 0 bridgehead atoms. The summed E-state index contributed by atoms with van der Waals surface area (Å²) in [5, 5.41) is 12.4. The number of hydrogen-bond acceptors (Lipinski definition) is 3. The number of carbonyl (C=O) groups is 1. The van der Waals surface area contributed by atoms with Crippen LogP contribution < -0.4 is 5.32 Å². The van der Waals surface area contributed by atoms with E-state index < -0.39 is 5.54 Å². The number of amides is 1. The van der Waals surface area contributed by atoms with Crippen LogP contribution in [0.5, 0.6) is 0 Å². The van der Waals surface area contributed by atoms with Crippen molar-refractivity contribution in [3.05, 3.63) is 21.9 Å². The van der Waals surface area contributed by atoms with Crippen LogP contribution in [0.25, 0.3) is 0 Å². The van der Waals surface area contributed by atoms with E-state index in [1.165, 1.54) is 16.2 Å². The molecule has 0 atom stereocenters. The zero-order chi connectivity index (χ0) is 12.9. The van der Waals surface area contributed by atoms with Crippen LogP contribution in [0.1, 0.15) is 48.2 Å². The fourth-order valence-corrected chi connectivity index (χ4v) is 2.53. The van der Waals surface area contributed by atoms with Crippen LogP contribution in [-0.2, 0) is 6.42 Å². The molecular weight excluding hydrogens is 234 g/mol. The number of carbonyl (C=O) groups excluding carboxylic acids is 1. The third kappa shape index (κ3) is 3.30. The van der Waals surface area contributed by atoms with Gasteiger partial charge in [-0.15, -0.1) is 11.3 Å². The van der Waals surface area contributed by atoms with E-state index in [1.807, 2.05) is 26.0 Å². The van der Waals surface area contributed by atoms with E-state index in [9.17, 15) is 9.90 Å². The Morgan fingerprint density at radius 1 is 1.35 bits per heavy atom. The van der Waals surface area contributed by atoms with Crippen LogP contribution >= 0.6 is 11.3 Å². The van der Waals surface area contributed by atoms with Gasteiger partial charge in [0, 0.05) is 4.88 Å². The molecule has 0 saturated heterocycles. The van der Waals surface area contributed by atoms with Crippen LogP contribution in [0.15, 0.2) is 12.1 Å². The SMILES string of the molecule is CCc1ccc(C(=O)NC(CC)(CC)CO)s1.